The lowest BCUT2D eigenvalue weighted by molar-refractivity contribution is -0.129. The molecule has 4 nitrogen and oxygen atoms in total. The first-order valence-electron chi connectivity index (χ1n) is 6.81. The summed E-state index contributed by atoms with van der Waals surface area (Å²) in [6.45, 7) is 1.25. The van der Waals surface area contributed by atoms with Crippen LogP contribution in [0.15, 0.2) is 24.3 Å². The number of amides is 1. The maximum absolute atomic E-state index is 12.4. The second-order valence-electron chi connectivity index (χ2n) is 5.69. The standard InChI is InChI=1S/C15H23N3O/c1-18(2)10-12-6-3-4-7-13(12)17-14(19)15(11-16)8-5-9-15/h3-4,6-7H,5,8-11,16H2,1-2H3,(H,17,19). The number of nitrogens with one attached hydrogen (secondary N) is 1. The van der Waals surface area contributed by atoms with E-state index in [1.807, 2.05) is 38.4 Å². The Balaban J connectivity index is 2.12. The van der Waals surface area contributed by atoms with Crippen molar-refractivity contribution in [3.8, 4) is 0 Å². The van der Waals surface area contributed by atoms with Crippen molar-refractivity contribution in [2.24, 2.45) is 11.1 Å². The van der Waals surface area contributed by atoms with Crippen LogP contribution in [0.25, 0.3) is 0 Å². The van der Waals surface area contributed by atoms with E-state index in [9.17, 15) is 4.79 Å². The van der Waals surface area contributed by atoms with Crippen LogP contribution >= 0.6 is 0 Å². The molecule has 0 heterocycles. The molecule has 0 atom stereocenters. The Bertz CT molecular complexity index is 447. The molecule has 19 heavy (non-hydrogen) atoms. The van der Waals surface area contributed by atoms with E-state index in [1.54, 1.807) is 0 Å². The van der Waals surface area contributed by atoms with Crippen LogP contribution < -0.4 is 11.1 Å². The van der Waals surface area contributed by atoms with Gasteiger partial charge in [0.1, 0.15) is 0 Å². The fourth-order valence-electron chi connectivity index (χ4n) is 2.50. The van der Waals surface area contributed by atoms with E-state index in [0.29, 0.717) is 6.54 Å². The monoisotopic (exact) mass is 261 g/mol. The van der Waals surface area contributed by atoms with Crippen molar-refractivity contribution < 1.29 is 4.79 Å². The van der Waals surface area contributed by atoms with Gasteiger partial charge in [0, 0.05) is 18.8 Å². The molecular formula is C15H23N3O. The zero-order valence-corrected chi connectivity index (χ0v) is 11.8. The Kier molecular flexibility index (Phi) is 4.22. The molecule has 1 saturated carbocycles. The van der Waals surface area contributed by atoms with E-state index in [1.165, 1.54) is 0 Å². The normalized spacial score (nSPS) is 17.1. The van der Waals surface area contributed by atoms with E-state index < -0.39 is 0 Å². The van der Waals surface area contributed by atoms with E-state index >= 15 is 0 Å². The fourth-order valence-corrected chi connectivity index (χ4v) is 2.50. The zero-order valence-electron chi connectivity index (χ0n) is 11.8. The lowest BCUT2D eigenvalue weighted by Crippen LogP contribution is -2.47. The van der Waals surface area contributed by atoms with Gasteiger partial charge in [-0.25, -0.2) is 0 Å². The number of nitrogens with zero attached hydrogens (tertiary/aromatic N) is 1. The molecule has 2 rings (SSSR count). The van der Waals surface area contributed by atoms with Gasteiger partial charge in [0.15, 0.2) is 0 Å². The summed E-state index contributed by atoms with van der Waals surface area (Å²) in [6, 6.07) is 7.95. The number of para-hydroxylation sites is 1. The van der Waals surface area contributed by atoms with Gasteiger partial charge in [-0.15, -0.1) is 0 Å². The molecule has 0 aliphatic heterocycles. The first kappa shape index (κ1) is 14.0. The van der Waals surface area contributed by atoms with Gasteiger partial charge in [0.25, 0.3) is 0 Å². The smallest absolute Gasteiger partial charge is 0.231 e. The van der Waals surface area contributed by atoms with Crippen LogP contribution in [0.1, 0.15) is 24.8 Å². The minimum atomic E-state index is -0.328. The number of rotatable bonds is 5. The molecule has 0 spiro atoms. The van der Waals surface area contributed by atoms with Crippen molar-refractivity contribution in [2.45, 2.75) is 25.8 Å². The van der Waals surface area contributed by atoms with Crippen molar-refractivity contribution in [3.63, 3.8) is 0 Å². The van der Waals surface area contributed by atoms with Crippen LogP contribution in [0.3, 0.4) is 0 Å². The van der Waals surface area contributed by atoms with E-state index in [0.717, 1.165) is 37.1 Å². The summed E-state index contributed by atoms with van der Waals surface area (Å²) in [7, 11) is 4.04. The maximum Gasteiger partial charge on any atom is 0.231 e. The minimum absolute atomic E-state index is 0.0763. The molecule has 1 aliphatic carbocycles. The number of carbonyl (C=O) groups excluding carboxylic acids is 1. The largest absolute Gasteiger partial charge is 0.329 e. The average Bonchev–Trinajstić information content (AvgIpc) is 2.30. The summed E-state index contributed by atoms with van der Waals surface area (Å²) in [5, 5.41) is 3.06. The number of hydrogen-bond donors (Lipinski definition) is 2. The molecule has 1 aliphatic rings. The molecule has 4 heteroatoms. The SMILES string of the molecule is CN(C)Cc1ccccc1NC(=O)C1(CN)CCC1. The van der Waals surface area contributed by atoms with Crippen molar-refractivity contribution in [2.75, 3.05) is 26.0 Å². The van der Waals surface area contributed by atoms with Gasteiger partial charge in [-0.2, -0.15) is 0 Å². The lowest BCUT2D eigenvalue weighted by atomic mass is 9.68. The van der Waals surface area contributed by atoms with Gasteiger partial charge < -0.3 is 16.0 Å². The van der Waals surface area contributed by atoms with E-state index in [2.05, 4.69) is 10.2 Å². The highest BCUT2D eigenvalue weighted by Crippen LogP contribution is 2.41. The zero-order chi connectivity index (χ0) is 13.9. The second kappa shape index (κ2) is 5.72. The molecular weight excluding hydrogens is 238 g/mol. The average molecular weight is 261 g/mol. The third-order valence-corrected chi connectivity index (χ3v) is 3.94. The second-order valence-corrected chi connectivity index (χ2v) is 5.69. The third-order valence-electron chi connectivity index (χ3n) is 3.94. The maximum atomic E-state index is 12.4. The number of nitrogens with two attached hydrogens (primary N) is 1. The topological polar surface area (TPSA) is 58.4 Å². The summed E-state index contributed by atoms with van der Waals surface area (Å²) in [6.07, 6.45) is 2.92. The Morgan fingerprint density at radius 1 is 1.37 bits per heavy atom. The van der Waals surface area contributed by atoms with Gasteiger partial charge in [0.05, 0.1) is 5.41 Å². The van der Waals surface area contributed by atoms with Crippen LogP contribution in [0, 0.1) is 5.41 Å². The predicted molar refractivity (Wildman–Crippen MR) is 77.8 cm³/mol. The Hall–Kier alpha value is -1.39. The first-order chi connectivity index (χ1) is 9.07. The summed E-state index contributed by atoms with van der Waals surface area (Å²) < 4.78 is 0. The Morgan fingerprint density at radius 2 is 2.05 bits per heavy atom. The summed E-state index contributed by atoms with van der Waals surface area (Å²) in [5.41, 5.74) is 7.48. The number of anilines is 1. The van der Waals surface area contributed by atoms with Crippen LogP contribution in [-0.2, 0) is 11.3 Å². The minimum Gasteiger partial charge on any atom is -0.329 e. The van der Waals surface area contributed by atoms with Crippen LogP contribution in [0.4, 0.5) is 5.69 Å². The lowest BCUT2D eigenvalue weighted by Gasteiger charge is -2.39. The quantitative estimate of drug-likeness (QED) is 0.850. The molecule has 1 fully saturated rings. The highest BCUT2D eigenvalue weighted by atomic mass is 16.2. The van der Waals surface area contributed by atoms with Gasteiger partial charge in [-0.3, -0.25) is 4.79 Å². The van der Waals surface area contributed by atoms with Crippen molar-refractivity contribution >= 4 is 11.6 Å². The molecule has 104 valence electrons. The summed E-state index contributed by atoms with van der Waals surface area (Å²) >= 11 is 0. The molecule has 0 saturated heterocycles. The van der Waals surface area contributed by atoms with Gasteiger partial charge in [-0.1, -0.05) is 24.6 Å². The van der Waals surface area contributed by atoms with Crippen molar-refractivity contribution in [1.82, 2.24) is 4.90 Å². The molecule has 0 bridgehead atoms. The number of carbonyl (C=O) groups is 1. The van der Waals surface area contributed by atoms with Crippen molar-refractivity contribution in [1.29, 1.82) is 0 Å². The van der Waals surface area contributed by atoms with E-state index in [-0.39, 0.29) is 11.3 Å². The molecule has 1 aromatic carbocycles. The summed E-state index contributed by atoms with van der Waals surface area (Å²) in [4.78, 5) is 14.5. The first-order valence-corrected chi connectivity index (χ1v) is 6.81. The van der Waals surface area contributed by atoms with Crippen LogP contribution in [0.2, 0.25) is 0 Å². The third kappa shape index (κ3) is 2.96. The van der Waals surface area contributed by atoms with Crippen molar-refractivity contribution in [3.05, 3.63) is 29.8 Å². The molecule has 3 N–H and O–H groups in total. The van der Waals surface area contributed by atoms with Gasteiger partial charge in [-0.05, 0) is 38.6 Å². The fraction of sp³-hybridized carbons (Fsp3) is 0.533. The highest BCUT2D eigenvalue weighted by molar-refractivity contribution is 5.96. The molecule has 0 unspecified atom stereocenters. The molecule has 1 amide bonds. The van der Waals surface area contributed by atoms with Gasteiger partial charge in [0.2, 0.25) is 5.91 Å². The molecule has 1 aromatic rings. The Morgan fingerprint density at radius 3 is 2.58 bits per heavy atom. The van der Waals surface area contributed by atoms with Gasteiger partial charge >= 0.3 is 0 Å². The summed E-state index contributed by atoms with van der Waals surface area (Å²) in [5.74, 6) is 0.0763. The predicted octanol–water partition coefficient (Wildman–Crippen LogP) is 1.82. The number of hydrogen-bond acceptors (Lipinski definition) is 3. The number of benzene rings is 1. The van der Waals surface area contributed by atoms with E-state index in [4.69, 9.17) is 5.73 Å². The Labute approximate surface area is 115 Å². The van der Waals surface area contributed by atoms with Crippen LogP contribution in [-0.4, -0.2) is 31.4 Å². The molecule has 0 radical (unpaired) electrons. The highest BCUT2D eigenvalue weighted by Gasteiger charge is 2.42. The van der Waals surface area contributed by atoms with Crippen LogP contribution in [0.5, 0.6) is 0 Å². The molecule has 0 aromatic heterocycles.